The zero-order valence-corrected chi connectivity index (χ0v) is 14.0. The maximum absolute atomic E-state index is 12.0. The Kier molecular flexibility index (Phi) is 7.87. The summed E-state index contributed by atoms with van der Waals surface area (Å²) in [5.74, 6) is 0.690. The number of carbonyl (C=O) groups is 1. The number of rotatable bonds is 7. The summed E-state index contributed by atoms with van der Waals surface area (Å²) in [5.41, 5.74) is 7.01. The fourth-order valence-electron chi connectivity index (χ4n) is 1.96. The molecule has 0 spiro atoms. The summed E-state index contributed by atoms with van der Waals surface area (Å²) in [4.78, 5) is 16.2. The number of methoxy groups -OCH3 is 1. The Balaban J connectivity index is 0.00000242. The van der Waals surface area contributed by atoms with Gasteiger partial charge in [0.15, 0.2) is 0 Å². The average molecular weight is 342 g/mol. The van der Waals surface area contributed by atoms with Crippen molar-refractivity contribution in [1.29, 1.82) is 0 Å². The Morgan fingerprint density at radius 3 is 2.86 bits per heavy atom. The highest BCUT2D eigenvalue weighted by Crippen LogP contribution is 2.17. The maximum atomic E-state index is 12.0. The molecular weight excluding hydrogens is 322 g/mol. The molecule has 1 aromatic carbocycles. The number of halogens is 1. The summed E-state index contributed by atoms with van der Waals surface area (Å²) in [6.45, 7) is 1.09. The Morgan fingerprint density at radius 2 is 2.14 bits per heavy atom. The molecule has 0 bridgehead atoms. The van der Waals surface area contributed by atoms with E-state index in [2.05, 4.69) is 10.3 Å². The third kappa shape index (κ3) is 4.98. The van der Waals surface area contributed by atoms with E-state index in [9.17, 15) is 4.79 Å². The molecule has 0 aliphatic heterocycles. The second-order valence-electron chi connectivity index (χ2n) is 4.48. The fourth-order valence-corrected chi connectivity index (χ4v) is 2.76. The highest BCUT2D eigenvalue weighted by atomic mass is 35.5. The first-order chi connectivity index (χ1) is 10.2. The number of nitrogens with two attached hydrogens (primary N) is 1. The Labute approximate surface area is 140 Å². The molecule has 0 radical (unpaired) electrons. The number of ether oxygens (including phenoxy) is 1. The molecule has 0 saturated carbocycles. The SMILES string of the molecule is COc1ccccc1CCNC(=O)c1csc(CCN)n1.Cl. The number of para-hydroxylation sites is 1. The number of hydrogen-bond donors (Lipinski definition) is 2. The van der Waals surface area contributed by atoms with Crippen molar-refractivity contribution in [3.8, 4) is 5.75 Å². The first kappa shape index (κ1) is 18.4. The van der Waals surface area contributed by atoms with Gasteiger partial charge in [-0.25, -0.2) is 4.98 Å². The molecule has 3 N–H and O–H groups in total. The molecule has 0 fully saturated rings. The van der Waals surface area contributed by atoms with Crippen LogP contribution in [0.1, 0.15) is 21.1 Å². The Bertz CT molecular complexity index is 604. The van der Waals surface area contributed by atoms with Gasteiger partial charge in [-0.2, -0.15) is 0 Å². The zero-order chi connectivity index (χ0) is 15.1. The fraction of sp³-hybridized carbons (Fsp3) is 0.333. The van der Waals surface area contributed by atoms with E-state index in [1.54, 1.807) is 12.5 Å². The number of carbonyl (C=O) groups excluding carboxylic acids is 1. The molecule has 2 aromatic rings. The molecule has 120 valence electrons. The van der Waals surface area contributed by atoms with Crippen LogP contribution in [-0.2, 0) is 12.8 Å². The van der Waals surface area contributed by atoms with Crippen molar-refractivity contribution < 1.29 is 9.53 Å². The van der Waals surface area contributed by atoms with Gasteiger partial charge >= 0.3 is 0 Å². The molecule has 22 heavy (non-hydrogen) atoms. The molecule has 5 nitrogen and oxygen atoms in total. The number of hydrogen-bond acceptors (Lipinski definition) is 5. The lowest BCUT2D eigenvalue weighted by Gasteiger charge is -2.08. The first-order valence-corrected chi connectivity index (χ1v) is 7.67. The minimum atomic E-state index is -0.149. The van der Waals surface area contributed by atoms with Crippen LogP contribution in [-0.4, -0.2) is 31.1 Å². The Hall–Kier alpha value is -1.63. The van der Waals surface area contributed by atoms with Crippen LogP contribution in [0, 0.1) is 0 Å². The topological polar surface area (TPSA) is 77.2 Å². The standard InChI is InChI=1S/C15H19N3O2S.ClH/c1-20-13-5-3-2-4-11(13)7-9-17-15(19)12-10-21-14(18-12)6-8-16;/h2-5,10H,6-9,16H2,1H3,(H,17,19);1H. The number of aromatic nitrogens is 1. The van der Waals surface area contributed by atoms with Crippen molar-refractivity contribution in [2.45, 2.75) is 12.8 Å². The highest BCUT2D eigenvalue weighted by Gasteiger charge is 2.10. The van der Waals surface area contributed by atoms with Crippen LogP contribution in [0.2, 0.25) is 0 Å². The summed E-state index contributed by atoms with van der Waals surface area (Å²) in [6, 6.07) is 7.79. The molecular formula is C15H20ClN3O2S. The predicted octanol–water partition coefficient (Wildman–Crippen LogP) is 2.05. The second-order valence-corrected chi connectivity index (χ2v) is 5.43. The molecule has 1 amide bonds. The van der Waals surface area contributed by atoms with E-state index < -0.39 is 0 Å². The average Bonchev–Trinajstić information content (AvgIpc) is 2.97. The first-order valence-electron chi connectivity index (χ1n) is 6.79. The van der Waals surface area contributed by atoms with Crippen molar-refractivity contribution >= 4 is 29.7 Å². The smallest absolute Gasteiger partial charge is 0.270 e. The van der Waals surface area contributed by atoms with E-state index in [4.69, 9.17) is 10.5 Å². The van der Waals surface area contributed by atoms with Crippen molar-refractivity contribution in [1.82, 2.24) is 10.3 Å². The highest BCUT2D eigenvalue weighted by molar-refractivity contribution is 7.09. The van der Waals surface area contributed by atoms with E-state index >= 15 is 0 Å². The molecule has 0 aliphatic carbocycles. The number of nitrogens with zero attached hydrogens (tertiary/aromatic N) is 1. The van der Waals surface area contributed by atoms with E-state index in [1.807, 2.05) is 24.3 Å². The Morgan fingerprint density at radius 1 is 1.36 bits per heavy atom. The van der Waals surface area contributed by atoms with Crippen LogP contribution in [0.5, 0.6) is 5.75 Å². The van der Waals surface area contributed by atoms with Gasteiger partial charge in [0.05, 0.1) is 12.1 Å². The summed E-state index contributed by atoms with van der Waals surface area (Å²) in [5, 5.41) is 5.54. The molecule has 0 saturated heterocycles. The molecule has 0 atom stereocenters. The van der Waals surface area contributed by atoms with Gasteiger partial charge in [-0.15, -0.1) is 23.7 Å². The summed E-state index contributed by atoms with van der Waals surface area (Å²) < 4.78 is 5.28. The van der Waals surface area contributed by atoms with Gasteiger partial charge in [0.1, 0.15) is 11.4 Å². The van der Waals surface area contributed by atoms with Crippen LogP contribution >= 0.6 is 23.7 Å². The van der Waals surface area contributed by atoms with Crippen LogP contribution < -0.4 is 15.8 Å². The van der Waals surface area contributed by atoms with E-state index in [1.165, 1.54) is 11.3 Å². The van der Waals surface area contributed by atoms with Crippen LogP contribution in [0.15, 0.2) is 29.6 Å². The minimum Gasteiger partial charge on any atom is -0.496 e. The lowest BCUT2D eigenvalue weighted by molar-refractivity contribution is 0.0949. The van der Waals surface area contributed by atoms with Gasteiger partial charge in [-0.3, -0.25) is 4.79 Å². The molecule has 0 aliphatic rings. The number of thiazole rings is 1. The summed E-state index contributed by atoms with van der Waals surface area (Å²) in [6.07, 6.45) is 1.43. The third-order valence-corrected chi connectivity index (χ3v) is 3.92. The molecule has 0 unspecified atom stereocenters. The predicted molar refractivity (Wildman–Crippen MR) is 91.2 cm³/mol. The van der Waals surface area contributed by atoms with E-state index in [-0.39, 0.29) is 18.3 Å². The lowest BCUT2D eigenvalue weighted by atomic mass is 10.1. The number of amides is 1. The van der Waals surface area contributed by atoms with Crippen LogP contribution in [0.25, 0.3) is 0 Å². The largest absolute Gasteiger partial charge is 0.496 e. The monoisotopic (exact) mass is 341 g/mol. The van der Waals surface area contributed by atoms with Gasteiger partial charge < -0.3 is 15.8 Å². The van der Waals surface area contributed by atoms with Gasteiger partial charge in [0.2, 0.25) is 0 Å². The van der Waals surface area contributed by atoms with Gasteiger partial charge in [0.25, 0.3) is 5.91 Å². The third-order valence-electron chi connectivity index (χ3n) is 3.02. The van der Waals surface area contributed by atoms with Crippen molar-refractivity contribution in [2.75, 3.05) is 20.2 Å². The van der Waals surface area contributed by atoms with Gasteiger partial charge in [-0.1, -0.05) is 18.2 Å². The second kappa shape index (κ2) is 9.40. The van der Waals surface area contributed by atoms with Crippen LogP contribution in [0.3, 0.4) is 0 Å². The number of benzene rings is 1. The lowest BCUT2D eigenvalue weighted by Crippen LogP contribution is -2.26. The maximum Gasteiger partial charge on any atom is 0.270 e. The van der Waals surface area contributed by atoms with E-state index in [0.29, 0.717) is 25.2 Å². The van der Waals surface area contributed by atoms with Gasteiger partial charge in [-0.05, 0) is 24.6 Å². The minimum absolute atomic E-state index is 0. The number of nitrogens with one attached hydrogen (secondary N) is 1. The van der Waals surface area contributed by atoms with Crippen molar-refractivity contribution in [3.63, 3.8) is 0 Å². The quantitative estimate of drug-likeness (QED) is 0.808. The van der Waals surface area contributed by atoms with Crippen molar-refractivity contribution in [2.24, 2.45) is 5.73 Å². The zero-order valence-electron chi connectivity index (χ0n) is 12.4. The molecule has 2 rings (SSSR count). The summed E-state index contributed by atoms with van der Waals surface area (Å²) >= 11 is 1.47. The van der Waals surface area contributed by atoms with E-state index in [0.717, 1.165) is 22.7 Å². The molecule has 1 heterocycles. The normalized spacial score (nSPS) is 9.91. The molecule has 7 heteroatoms. The van der Waals surface area contributed by atoms with Gasteiger partial charge in [0, 0.05) is 18.3 Å². The summed E-state index contributed by atoms with van der Waals surface area (Å²) in [7, 11) is 1.64. The van der Waals surface area contributed by atoms with Crippen molar-refractivity contribution in [3.05, 3.63) is 45.9 Å². The molecule has 1 aromatic heterocycles. The van der Waals surface area contributed by atoms with Crippen LogP contribution in [0.4, 0.5) is 0 Å².